The van der Waals surface area contributed by atoms with Crippen molar-refractivity contribution in [1.29, 1.82) is 0 Å². The van der Waals surface area contributed by atoms with Crippen molar-refractivity contribution in [1.82, 2.24) is 9.97 Å². The lowest BCUT2D eigenvalue weighted by Gasteiger charge is -2.25. The monoisotopic (exact) mass is 291 g/mol. The van der Waals surface area contributed by atoms with Crippen LogP contribution in [0.4, 0.5) is 5.69 Å². The van der Waals surface area contributed by atoms with E-state index in [4.69, 9.17) is 0 Å². The van der Waals surface area contributed by atoms with Gasteiger partial charge in [-0.1, -0.05) is 15.9 Å². The van der Waals surface area contributed by atoms with E-state index in [1.54, 1.807) is 0 Å². The Morgan fingerprint density at radius 1 is 1.47 bits per heavy atom. The quantitative estimate of drug-likeness (QED) is 0.921. The molecule has 1 N–H and O–H groups in total. The molecule has 1 aromatic heterocycles. The second-order valence-electron chi connectivity index (χ2n) is 4.37. The lowest BCUT2D eigenvalue weighted by Crippen LogP contribution is -2.25. The zero-order valence-corrected chi connectivity index (χ0v) is 11.2. The van der Waals surface area contributed by atoms with Gasteiger partial charge in [-0.2, -0.15) is 0 Å². The molecule has 1 aliphatic rings. The van der Waals surface area contributed by atoms with Crippen LogP contribution < -0.4 is 4.90 Å². The Bertz CT molecular complexity index is 521. The van der Waals surface area contributed by atoms with Gasteiger partial charge in [0.25, 0.3) is 0 Å². The number of anilines is 1. The Morgan fingerprint density at radius 2 is 2.35 bits per heavy atom. The number of halogens is 1. The molecular formula is C13H14BrN3. The molecular weight excluding hydrogens is 278 g/mol. The Morgan fingerprint density at radius 3 is 3.12 bits per heavy atom. The van der Waals surface area contributed by atoms with Crippen LogP contribution in [0.15, 0.2) is 35.1 Å². The highest BCUT2D eigenvalue weighted by atomic mass is 79.9. The summed E-state index contributed by atoms with van der Waals surface area (Å²) in [7, 11) is 0. The molecule has 0 radical (unpaired) electrons. The summed E-state index contributed by atoms with van der Waals surface area (Å²) in [6, 6.07) is 6.80. The highest BCUT2D eigenvalue weighted by molar-refractivity contribution is 9.10. The molecule has 0 bridgehead atoms. The van der Waals surface area contributed by atoms with E-state index < -0.39 is 0 Å². The van der Waals surface area contributed by atoms with E-state index in [1.165, 1.54) is 11.3 Å². The average molecular weight is 292 g/mol. The van der Waals surface area contributed by atoms with Gasteiger partial charge < -0.3 is 9.88 Å². The molecule has 1 unspecified atom stereocenters. The Labute approximate surface area is 109 Å². The summed E-state index contributed by atoms with van der Waals surface area (Å²) in [5.41, 5.74) is 2.75. The predicted molar refractivity (Wildman–Crippen MR) is 72.2 cm³/mol. The van der Waals surface area contributed by atoms with Gasteiger partial charge in [-0.25, -0.2) is 4.98 Å². The molecule has 4 heteroatoms. The Kier molecular flexibility index (Phi) is 2.67. The van der Waals surface area contributed by atoms with Crippen LogP contribution in [0, 0.1) is 0 Å². The maximum atomic E-state index is 4.34. The van der Waals surface area contributed by atoms with Gasteiger partial charge in [0.2, 0.25) is 0 Å². The second kappa shape index (κ2) is 4.18. The second-order valence-corrected chi connectivity index (χ2v) is 5.28. The van der Waals surface area contributed by atoms with E-state index in [1.807, 2.05) is 12.4 Å². The molecule has 2 heterocycles. The van der Waals surface area contributed by atoms with E-state index in [0.717, 1.165) is 23.3 Å². The van der Waals surface area contributed by atoms with Crippen molar-refractivity contribution in [3.63, 3.8) is 0 Å². The highest BCUT2D eigenvalue weighted by Crippen LogP contribution is 2.35. The van der Waals surface area contributed by atoms with E-state index >= 15 is 0 Å². The van der Waals surface area contributed by atoms with Gasteiger partial charge >= 0.3 is 0 Å². The molecule has 0 saturated heterocycles. The maximum absolute atomic E-state index is 4.34. The first-order chi connectivity index (χ1) is 8.25. The van der Waals surface area contributed by atoms with Crippen molar-refractivity contribution in [2.24, 2.45) is 0 Å². The number of H-pyrrole nitrogens is 1. The molecule has 88 valence electrons. The van der Waals surface area contributed by atoms with Gasteiger partial charge in [-0.05, 0) is 37.1 Å². The number of benzene rings is 1. The van der Waals surface area contributed by atoms with Crippen LogP contribution in [0.1, 0.15) is 24.4 Å². The van der Waals surface area contributed by atoms with Crippen molar-refractivity contribution in [2.45, 2.75) is 19.4 Å². The number of rotatable bonds is 2. The van der Waals surface area contributed by atoms with Crippen LogP contribution in [0.2, 0.25) is 0 Å². The molecule has 1 aliphatic heterocycles. The SMILES string of the molecule is CC(c1ncc[nH]1)N1CCc2cc(Br)ccc21. The summed E-state index contributed by atoms with van der Waals surface area (Å²) >= 11 is 3.52. The molecule has 1 atom stereocenters. The number of aromatic amines is 1. The fourth-order valence-electron chi connectivity index (χ4n) is 2.45. The standard InChI is InChI=1S/C13H14BrN3/c1-9(13-15-5-6-16-13)17-7-4-10-8-11(14)2-3-12(10)17/h2-3,5-6,8-9H,4,7H2,1H3,(H,15,16). The Hall–Kier alpha value is -1.29. The third kappa shape index (κ3) is 1.86. The number of aromatic nitrogens is 2. The van der Waals surface area contributed by atoms with Crippen LogP contribution in [0.5, 0.6) is 0 Å². The first kappa shape index (κ1) is 10.8. The molecule has 0 saturated carbocycles. The third-order valence-corrected chi connectivity index (χ3v) is 3.85. The maximum Gasteiger partial charge on any atom is 0.128 e. The lowest BCUT2D eigenvalue weighted by atomic mass is 10.1. The minimum atomic E-state index is 0.299. The summed E-state index contributed by atoms with van der Waals surface area (Å²) in [6.07, 6.45) is 4.80. The zero-order valence-electron chi connectivity index (χ0n) is 9.65. The molecule has 2 aromatic rings. The van der Waals surface area contributed by atoms with Crippen LogP contribution >= 0.6 is 15.9 Å². The van der Waals surface area contributed by atoms with E-state index in [0.29, 0.717) is 6.04 Å². The number of nitrogens with zero attached hydrogens (tertiary/aromatic N) is 2. The molecule has 3 rings (SSSR count). The summed E-state index contributed by atoms with van der Waals surface area (Å²) in [5, 5.41) is 0. The van der Waals surface area contributed by atoms with E-state index in [9.17, 15) is 0 Å². The Balaban J connectivity index is 1.93. The molecule has 1 aromatic carbocycles. The van der Waals surface area contributed by atoms with Gasteiger partial charge in [0.1, 0.15) is 5.82 Å². The van der Waals surface area contributed by atoms with E-state index in [-0.39, 0.29) is 0 Å². The molecule has 0 amide bonds. The van der Waals surface area contributed by atoms with Crippen molar-refractivity contribution in [3.8, 4) is 0 Å². The van der Waals surface area contributed by atoms with Gasteiger partial charge in [0, 0.05) is 29.1 Å². The molecule has 17 heavy (non-hydrogen) atoms. The lowest BCUT2D eigenvalue weighted by molar-refractivity contribution is 0.661. The van der Waals surface area contributed by atoms with Crippen molar-refractivity contribution in [2.75, 3.05) is 11.4 Å². The van der Waals surface area contributed by atoms with E-state index in [2.05, 4.69) is 55.9 Å². The minimum Gasteiger partial charge on any atom is -0.361 e. The van der Waals surface area contributed by atoms with Crippen LogP contribution in [-0.2, 0) is 6.42 Å². The first-order valence-electron chi connectivity index (χ1n) is 5.80. The number of nitrogens with one attached hydrogen (secondary N) is 1. The topological polar surface area (TPSA) is 31.9 Å². The number of hydrogen-bond acceptors (Lipinski definition) is 2. The number of fused-ring (bicyclic) bond motifs is 1. The normalized spacial score (nSPS) is 16.0. The van der Waals surface area contributed by atoms with Crippen molar-refractivity contribution in [3.05, 3.63) is 46.5 Å². The van der Waals surface area contributed by atoms with Crippen molar-refractivity contribution < 1.29 is 0 Å². The molecule has 0 aliphatic carbocycles. The van der Waals surface area contributed by atoms with Gasteiger partial charge in [-0.3, -0.25) is 0 Å². The van der Waals surface area contributed by atoms with Crippen LogP contribution in [0.25, 0.3) is 0 Å². The number of hydrogen-bond donors (Lipinski definition) is 1. The number of imidazole rings is 1. The molecule has 3 nitrogen and oxygen atoms in total. The average Bonchev–Trinajstić information content (AvgIpc) is 2.96. The first-order valence-corrected chi connectivity index (χ1v) is 6.59. The minimum absolute atomic E-state index is 0.299. The fraction of sp³-hybridized carbons (Fsp3) is 0.308. The van der Waals surface area contributed by atoms with Crippen LogP contribution in [0.3, 0.4) is 0 Å². The van der Waals surface area contributed by atoms with Gasteiger partial charge in [0.05, 0.1) is 6.04 Å². The summed E-state index contributed by atoms with van der Waals surface area (Å²) in [6.45, 7) is 3.25. The summed E-state index contributed by atoms with van der Waals surface area (Å²) in [5.74, 6) is 1.03. The summed E-state index contributed by atoms with van der Waals surface area (Å²) < 4.78 is 1.16. The third-order valence-electron chi connectivity index (χ3n) is 3.36. The molecule has 0 spiro atoms. The largest absolute Gasteiger partial charge is 0.361 e. The predicted octanol–water partition coefficient (Wildman–Crippen LogP) is 3.30. The fourth-order valence-corrected chi connectivity index (χ4v) is 2.86. The van der Waals surface area contributed by atoms with Gasteiger partial charge in [-0.15, -0.1) is 0 Å². The highest BCUT2D eigenvalue weighted by Gasteiger charge is 2.25. The zero-order chi connectivity index (χ0) is 11.8. The molecule has 0 fully saturated rings. The smallest absolute Gasteiger partial charge is 0.128 e. The van der Waals surface area contributed by atoms with Crippen molar-refractivity contribution >= 4 is 21.6 Å². The van der Waals surface area contributed by atoms with Gasteiger partial charge in [0.15, 0.2) is 0 Å². The van der Waals surface area contributed by atoms with Crippen LogP contribution in [-0.4, -0.2) is 16.5 Å². The summed E-state index contributed by atoms with van der Waals surface area (Å²) in [4.78, 5) is 9.94.